The molecule has 0 saturated carbocycles. The number of nitriles is 1. The molecule has 55 heavy (non-hydrogen) atoms. The van der Waals surface area contributed by atoms with E-state index in [1.807, 2.05) is 80.6 Å². The van der Waals surface area contributed by atoms with Gasteiger partial charge in [0.2, 0.25) is 5.91 Å². The number of piperazine rings is 1. The van der Waals surface area contributed by atoms with Crippen LogP contribution in [-0.2, 0) is 26.0 Å². The summed E-state index contributed by atoms with van der Waals surface area (Å²) in [6.45, 7) is 8.52. The molecular weight excluding hydrogens is 754 g/mol. The highest BCUT2D eigenvalue weighted by Gasteiger charge is 2.42. The Morgan fingerprint density at radius 2 is 1.67 bits per heavy atom. The summed E-state index contributed by atoms with van der Waals surface area (Å²) in [7, 11) is -4.13. The van der Waals surface area contributed by atoms with Crippen molar-refractivity contribution < 1.29 is 22.7 Å². The third kappa shape index (κ3) is 9.26. The van der Waals surface area contributed by atoms with Crippen molar-refractivity contribution in [2.45, 2.75) is 69.0 Å². The van der Waals surface area contributed by atoms with Gasteiger partial charge in [0, 0.05) is 33.4 Å². The molecule has 2 unspecified atom stereocenters. The van der Waals surface area contributed by atoms with Crippen molar-refractivity contribution in [2.24, 2.45) is 4.99 Å². The Morgan fingerprint density at radius 1 is 1.02 bits per heavy atom. The van der Waals surface area contributed by atoms with E-state index >= 15 is 0 Å². The van der Waals surface area contributed by atoms with Crippen LogP contribution < -0.4 is 5.32 Å². The number of amides is 2. The number of nitrogens with zero attached hydrogens (tertiary/aromatic N) is 4. The predicted molar refractivity (Wildman–Crippen MR) is 218 cm³/mol. The topological polar surface area (TPSA) is 132 Å². The van der Waals surface area contributed by atoms with Gasteiger partial charge in [-0.15, -0.1) is 11.3 Å². The fourth-order valence-electron chi connectivity index (χ4n) is 6.60. The van der Waals surface area contributed by atoms with Crippen molar-refractivity contribution in [3.63, 3.8) is 0 Å². The average molecular weight is 796 g/mol. The molecule has 0 bridgehead atoms. The number of fused-ring (bicyclic) bond motifs is 1. The second-order valence-corrected chi connectivity index (χ2v) is 18.3. The van der Waals surface area contributed by atoms with Crippen LogP contribution in [0, 0.1) is 11.3 Å². The third-order valence-corrected chi connectivity index (χ3v) is 12.7. The van der Waals surface area contributed by atoms with Crippen molar-refractivity contribution in [3.8, 4) is 6.07 Å². The van der Waals surface area contributed by atoms with Gasteiger partial charge in [-0.25, -0.2) is 18.2 Å². The minimum absolute atomic E-state index is 0.0878. The second-order valence-electron chi connectivity index (χ2n) is 14.6. The number of thiophene rings is 1. The molecule has 1 aliphatic rings. The van der Waals surface area contributed by atoms with E-state index in [4.69, 9.17) is 21.3 Å². The molecule has 13 heteroatoms. The van der Waals surface area contributed by atoms with Crippen LogP contribution in [0.3, 0.4) is 0 Å². The third-order valence-electron chi connectivity index (χ3n) is 9.06. The number of ether oxygens (including phenoxy) is 1. The van der Waals surface area contributed by atoms with Gasteiger partial charge in [-0.05, 0) is 82.3 Å². The molecule has 1 saturated heterocycles. The zero-order valence-corrected chi connectivity index (χ0v) is 33.6. The molecule has 0 spiro atoms. The van der Waals surface area contributed by atoms with Gasteiger partial charge >= 0.3 is 6.09 Å². The minimum atomic E-state index is -4.13. The van der Waals surface area contributed by atoms with E-state index in [2.05, 4.69) is 11.4 Å². The van der Waals surface area contributed by atoms with Gasteiger partial charge in [-0.2, -0.15) is 9.57 Å². The molecule has 4 aromatic carbocycles. The summed E-state index contributed by atoms with van der Waals surface area (Å²) in [5.74, 6) is -0.498. The molecule has 5 aromatic rings. The smallest absolute Gasteiger partial charge is 0.410 e. The summed E-state index contributed by atoms with van der Waals surface area (Å²) < 4.78 is 36.2. The predicted octanol–water partition coefficient (Wildman–Crippen LogP) is 8.34. The maximum atomic E-state index is 14.2. The van der Waals surface area contributed by atoms with Gasteiger partial charge in [0.05, 0.1) is 35.6 Å². The Balaban J connectivity index is 1.42. The fraction of sp³-hybridized carbons (Fsp3) is 0.286. The molecule has 1 aliphatic heterocycles. The van der Waals surface area contributed by atoms with E-state index in [1.54, 1.807) is 62.1 Å². The van der Waals surface area contributed by atoms with Gasteiger partial charge in [0.1, 0.15) is 15.9 Å². The highest BCUT2D eigenvalue weighted by molar-refractivity contribution is 7.91. The molecule has 284 valence electrons. The van der Waals surface area contributed by atoms with Crippen molar-refractivity contribution in [3.05, 3.63) is 130 Å². The highest BCUT2D eigenvalue weighted by Crippen LogP contribution is 2.34. The van der Waals surface area contributed by atoms with Crippen LogP contribution in [0.15, 0.2) is 112 Å². The van der Waals surface area contributed by atoms with Crippen molar-refractivity contribution in [1.82, 2.24) is 14.5 Å². The largest absolute Gasteiger partial charge is 0.444 e. The summed E-state index contributed by atoms with van der Waals surface area (Å²) in [5, 5.41) is 14.4. The van der Waals surface area contributed by atoms with E-state index in [0.29, 0.717) is 32.2 Å². The van der Waals surface area contributed by atoms with Crippen LogP contribution in [-0.4, -0.2) is 72.2 Å². The Bertz CT molecular complexity index is 2340. The van der Waals surface area contributed by atoms with Crippen LogP contribution in [0.25, 0.3) is 10.1 Å². The maximum Gasteiger partial charge on any atom is 0.410 e. The van der Waals surface area contributed by atoms with E-state index in [-0.39, 0.29) is 23.7 Å². The summed E-state index contributed by atoms with van der Waals surface area (Å²) in [4.78, 5) is 34.0. The van der Waals surface area contributed by atoms with Gasteiger partial charge in [0.25, 0.3) is 10.0 Å². The molecule has 1 fully saturated rings. The number of aliphatic imine (C=N–C) groups is 1. The lowest BCUT2D eigenvalue weighted by atomic mass is 9.94. The van der Waals surface area contributed by atoms with E-state index in [9.17, 15) is 23.3 Å². The second kappa shape index (κ2) is 16.4. The number of hydrogen-bond donors (Lipinski definition) is 1. The zero-order valence-electron chi connectivity index (χ0n) is 31.2. The van der Waals surface area contributed by atoms with Crippen LogP contribution in [0.5, 0.6) is 0 Å². The lowest BCUT2D eigenvalue weighted by molar-refractivity contribution is -0.125. The molecular formula is C42H42ClN5O5S2. The minimum Gasteiger partial charge on any atom is -0.444 e. The number of hydrogen-bond acceptors (Lipinski definition) is 8. The van der Waals surface area contributed by atoms with Crippen molar-refractivity contribution >= 4 is 66.4 Å². The lowest BCUT2D eigenvalue weighted by Gasteiger charge is -2.43. The number of carbonyl (C=O) groups is 2. The van der Waals surface area contributed by atoms with Gasteiger partial charge in [-0.1, -0.05) is 84.4 Å². The summed E-state index contributed by atoms with van der Waals surface area (Å²) in [6, 6.07) is 31.7. The number of carbonyl (C=O) groups excluding carboxylic acids is 2. The first-order chi connectivity index (χ1) is 26.1. The standard InChI is InChI=1S/C42H42ClN5O5S2/c1-27(2)48(41(50)53-42(3,4)5)36(35-25-47(26-38(49)45-35)55(51,52)39-22-31-18-19-33(43)23-37(31)54-39)21-28-16-17-32(24-44)34(20-28)46-40(29-12-8-6-9-13-29)30-14-10-7-11-15-30/h6-20,22-23,27,35-36H,21,25-26H2,1-5H3,(H,45,49). The van der Waals surface area contributed by atoms with Gasteiger partial charge in [0.15, 0.2) is 0 Å². The van der Waals surface area contributed by atoms with E-state index in [1.165, 1.54) is 4.31 Å². The molecule has 6 rings (SSSR count). The molecule has 10 nitrogen and oxygen atoms in total. The molecule has 1 N–H and O–H groups in total. The molecule has 2 amide bonds. The van der Waals surface area contributed by atoms with Crippen LogP contribution in [0.2, 0.25) is 5.02 Å². The zero-order chi connectivity index (χ0) is 39.5. The maximum absolute atomic E-state index is 14.2. The molecule has 0 aliphatic carbocycles. The SMILES string of the molecule is CC(C)N(C(=O)OC(C)(C)C)C(Cc1ccc(C#N)c(N=C(c2ccccc2)c2ccccc2)c1)C1CN(S(=O)(=O)c2cc3ccc(Cl)cc3s2)CC(=O)N1. The Morgan fingerprint density at radius 3 is 2.27 bits per heavy atom. The number of halogens is 1. The summed E-state index contributed by atoms with van der Waals surface area (Å²) in [6.07, 6.45) is -0.428. The number of benzene rings is 4. The molecule has 0 radical (unpaired) electrons. The Kier molecular flexibility index (Phi) is 11.8. The molecule has 2 atom stereocenters. The van der Waals surface area contributed by atoms with E-state index < -0.39 is 45.8 Å². The highest BCUT2D eigenvalue weighted by atomic mass is 35.5. The molecule has 1 aromatic heterocycles. The number of sulfonamides is 1. The quantitative estimate of drug-likeness (QED) is 0.141. The number of rotatable bonds is 10. The van der Waals surface area contributed by atoms with Crippen LogP contribution in [0.4, 0.5) is 10.5 Å². The monoisotopic (exact) mass is 795 g/mol. The fourth-order valence-corrected chi connectivity index (χ4v) is 9.85. The number of nitrogens with one attached hydrogen (secondary N) is 1. The Hall–Kier alpha value is -5.06. The first kappa shape index (κ1) is 39.6. The average Bonchev–Trinajstić information content (AvgIpc) is 3.57. The van der Waals surface area contributed by atoms with Gasteiger partial charge < -0.3 is 15.0 Å². The Labute approximate surface area is 331 Å². The molecule has 2 heterocycles. The summed E-state index contributed by atoms with van der Waals surface area (Å²) in [5.41, 5.74) is 3.07. The van der Waals surface area contributed by atoms with E-state index in [0.717, 1.165) is 27.8 Å². The van der Waals surface area contributed by atoms with Gasteiger partial charge in [-0.3, -0.25) is 4.79 Å². The first-order valence-corrected chi connectivity index (χ1v) is 20.5. The van der Waals surface area contributed by atoms with Crippen LogP contribution in [0.1, 0.15) is 56.9 Å². The summed E-state index contributed by atoms with van der Waals surface area (Å²) >= 11 is 7.27. The van der Waals surface area contributed by atoms with Crippen molar-refractivity contribution in [1.29, 1.82) is 5.26 Å². The van der Waals surface area contributed by atoms with Crippen molar-refractivity contribution in [2.75, 3.05) is 13.1 Å². The van der Waals surface area contributed by atoms with Crippen LogP contribution >= 0.6 is 22.9 Å². The first-order valence-electron chi connectivity index (χ1n) is 17.9. The lowest BCUT2D eigenvalue weighted by Crippen LogP contribution is -2.65. The normalized spacial score (nSPS) is 15.6.